The average molecular weight is 537 g/mol. The van der Waals surface area contributed by atoms with E-state index in [0.29, 0.717) is 11.1 Å². The summed E-state index contributed by atoms with van der Waals surface area (Å²) in [6, 6.07) is 18.5. The van der Waals surface area contributed by atoms with Crippen molar-refractivity contribution in [1.82, 2.24) is 9.88 Å². The molecule has 1 aromatic heterocycles. The minimum Gasteiger partial charge on any atom is -0.480 e. The Hall–Kier alpha value is -3.61. The maximum Gasteiger partial charge on any atom is 0.326 e. The quantitative estimate of drug-likeness (QED) is 0.293. The van der Waals surface area contributed by atoms with Gasteiger partial charge in [0.1, 0.15) is 6.04 Å². The molecular formula is C29H26Cl2N2O4. The summed E-state index contributed by atoms with van der Waals surface area (Å²) in [5.74, 6) is -1.85. The SMILES string of the molecule is CCCc1c(-c2ccc(C[C@H](NC(=O)c3c(Cl)cccc3Cl)C(=O)O)cc2)c(=O)n(C)c2ccccc12. The van der Waals surface area contributed by atoms with Crippen LogP contribution in [0.3, 0.4) is 0 Å². The number of carbonyl (C=O) groups is 2. The van der Waals surface area contributed by atoms with Gasteiger partial charge in [0.2, 0.25) is 0 Å². The van der Waals surface area contributed by atoms with E-state index in [2.05, 4.69) is 12.2 Å². The number of benzene rings is 3. The summed E-state index contributed by atoms with van der Waals surface area (Å²) in [6.07, 6.45) is 1.68. The van der Waals surface area contributed by atoms with Gasteiger partial charge in [-0.3, -0.25) is 9.59 Å². The van der Waals surface area contributed by atoms with Crippen molar-refractivity contribution < 1.29 is 14.7 Å². The van der Waals surface area contributed by atoms with Gasteiger partial charge in [0.25, 0.3) is 11.5 Å². The molecule has 0 aliphatic heterocycles. The first kappa shape index (κ1) is 26.5. The molecule has 0 unspecified atom stereocenters. The van der Waals surface area contributed by atoms with Crippen molar-refractivity contribution in [2.45, 2.75) is 32.2 Å². The predicted octanol–water partition coefficient (Wildman–Crippen LogP) is 5.89. The maximum atomic E-state index is 13.4. The number of carbonyl (C=O) groups excluding carboxylic acids is 1. The van der Waals surface area contributed by atoms with Crippen molar-refractivity contribution >= 4 is 46.0 Å². The molecule has 4 aromatic rings. The topological polar surface area (TPSA) is 88.4 Å². The highest BCUT2D eigenvalue weighted by molar-refractivity contribution is 6.39. The fourth-order valence-corrected chi connectivity index (χ4v) is 5.13. The Bertz CT molecular complexity index is 1520. The lowest BCUT2D eigenvalue weighted by atomic mass is 9.93. The monoisotopic (exact) mass is 536 g/mol. The minimum absolute atomic E-state index is 0.0306. The van der Waals surface area contributed by atoms with Gasteiger partial charge in [0.05, 0.1) is 26.7 Å². The molecule has 0 fully saturated rings. The number of para-hydroxylation sites is 1. The van der Waals surface area contributed by atoms with Crippen molar-refractivity contribution in [3.05, 3.63) is 104 Å². The summed E-state index contributed by atoms with van der Waals surface area (Å²) in [7, 11) is 1.77. The van der Waals surface area contributed by atoms with Gasteiger partial charge in [-0.15, -0.1) is 0 Å². The van der Waals surface area contributed by atoms with Gasteiger partial charge in [-0.2, -0.15) is 0 Å². The van der Waals surface area contributed by atoms with E-state index in [0.717, 1.165) is 34.9 Å². The third kappa shape index (κ3) is 5.41. The zero-order valence-electron chi connectivity index (χ0n) is 20.4. The van der Waals surface area contributed by atoms with Gasteiger partial charge in [0.15, 0.2) is 0 Å². The van der Waals surface area contributed by atoms with Crippen LogP contribution in [0.4, 0.5) is 0 Å². The molecule has 0 saturated carbocycles. The molecule has 6 nitrogen and oxygen atoms in total. The summed E-state index contributed by atoms with van der Waals surface area (Å²) in [4.78, 5) is 38.0. The Kier molecular flexibility index (Phi) is 8.00. The minimum atomic E-state index is -1.20. The number of amides is 1. The number of hydrogen-bond acceptors (Lipinski definition) is 3. The first-order chi connectivity index (χ1) is 17.7. The molecule has 190 valence electrons. The highest BCUT2D eigenvalue weighted by Crippen LogP contribution is 2.29. The van der Waals surface area contributed by atoms with Crippen molar-refractivity contribution in [2.24, 2.45) is 7.05 Å². The second-order valence-electron chi connectivity index (χ2n) is 8.85. The van der Waals surface area contributed by atoms with E-state index in [1.54, 1.807) is 29.8 Å². The van der Waals surface area contributed by atoms with Crippen molar-refractivity contribution in [3.63, 3.8) is 0 Å². The molecule has 0 aliphatic carbocycles. The summed E-state index contributed by atoms with van der Waals surface area (Å²) < 4.78 is 1.66. The molecule has 1 amide bonds. The summed E-state index contributed by atoms with van der Waals surface area (Å²) in [5, 5.41) is 13.6. The molecule has 0 saturated heterocycles. The number of nitrogens with one attached hydrogen (secondary N) is 1. The van der Waals surface area contributed by atoms with E-state index in [9.17, 15) is 19.5 Å². The van der Waals surface area contributed by atoms with Crippen LogP contribution >= 0.6 is 23.2 Å². The molecule has 8 heteroatoms. The number of rotatable bonds is 8. The molecule has 1 heterocycles. The second-order valence-corrected chi connectivity index (χ2v) is 9.66. The number of pyridine rings is 1. The van der Waals surface area contributed by atoms with Gasteiger partial charge >= 0.3 is 5.97 Å². The summed E-state index contributed by atoms with van der Waals surface area (Å²) in [5.41, 5.74) is 3.93. The second kappa shape index (κ2) is 11.2. The normalized spacial score (nSPS) is 11.9. The highest BCUT2D eigenvalue weighted by atomic mass is 35.5. The van der Waals surface area contributed by atoms with Crippen LogP contribution in [0, 0.1) is 0 Å². The molecule has 4 rings (SSSR count). The standard InChI is InChI=1S/C29H26Cl2N2O4/c1-3-7-20-19-8-4-5-11-24(19)33(2)28(35)25(20)18-14-12-17(13-15-18)16-23(29(36)37)32-27(34)26-21(30)9-6-10-22(26)31/h4-6,8-15,23H,3,7,16H2,1-2H3,(H,32,34)(H,36,37)/t23-/m0/s1. The van der Waals surface area contributed by atoms with Crippen LogP contribution in [0.1, 0.15) is 34.8 Å². The molecule has 0 aliphatic rings. The Morgan fingerprint density at radius 3 is 2.24 bits per heavy atom. The van der Waals surface area contributed by atoms with Crippen LogP contribution in [-0.2, 0) is 24.7 Å². The number of halogens is 2. The smallest absolute Gasteiger partial charge is 0.326 e. The van der Waals surface area contributed by atoms with Crippen molar-refractivity contribution in [3.8, 4) is 11.1 Å². The lowest BCUT2D eigenvalue weighted by Gasteiger charge is -2.17. The van der Waals surface area contributed by atoms with E-state index >= 15 is 0 Å². The fraction of sp³-hybridized carbons (Fsp3) is 0.207. The number of hydrogen-bond donors (Lipinski definition) is 2. The molecule has 37 heavy (non-hydrogen) atoms. The van der Waals surface area contributed by atoms with Gasteiger partial charge in [-0.25, -0.2) is 4.79 Å². The molecule has 0 bridgehead atoms. The highest BCUT2D eigenvalue weighted by Gasteiger charge is 2.24. The van der Waals surface area contributed by atoms with E-state index in [1.807, 2.05) is 36.4 Å². The number of nitrogens with zero attached hydrogens (tertiary/aromatic N) is 1. The van der Waals surface area contributed by atoms with Crippen LogP contribution in [0.25, 0.3) is 22.0 Å². The zero-order chi connectivity index (χ0) is 26.7. The molecule has 0 radical (unpaired) electrons. The Morgan fingerprint density at radius 2 is 1.62 bits per heavy atom. The van der Waals surface area contributed by atoms with Crippen LogP contribution in [0.5, 0.6) is 0 Å². The largest absolute Gasteiger partial charge is 0.480 e. The van der Waals surface area contributed by atoms with Gasteiger partial charge in [0, 0.05) is 18.9 Å². The first-order valence-corrected chi connectivity index (χ1v) is 12.7. The average Bonchev–Trinajstić information content (AvgIpc) is 2.87. The number of carboxylic acid groups (broad SMARTS) is 1. The van der Waals surface area contributed by atoms with Gasteiger partial charge in [-0.1, -0.05) is 85.1 Å². The van der Waals surface area contributed by atoms with Crippen molar-refractivity contribution in [1.29, 1.82) is 0 Å². The number of fused-ring (bicyclic) bond motifs is 1. The molecule has 1 atom stereocenters. The third-order valence-corrected chi connectivity index (χ3v) is 7.02. The lowest BCUT2D eigenvalue weighted by Crippen LogP contribution is -2.42. The summed E-state index contributed by atoms with van der Waals surface area (Å²) in [6.45, 7) is 2.08. The number of aliphatic carboxylic acids is 1. The molecule has 3 aromatic carbocycles. The van der Waals surface area contributed by atoms with E-state index < -0.39 is 17.9 Å². The van der Waals surface area contributed by atoms with Crippen LogP contribution in [0.15, 0.2) is 71.5 Å². The van der Waals surface area contributed by atoms with E-state index in [-0.39, 0.29) is 27.6 Å². The summed E-state index contributed by atoms with van der Waals surface area (Å²) >= 11 is 12.2. The van der Waals surface area contributed by atoms with Crippen LogP contribution in [-0.4, -0.2) is 27.6 Å². The predicted molar refractivity (Wildman–Crippen MR) is 148 cm³/mol. The number of carboxylic acids is 1. The Morgan fingerprint density at radius 1 is 0.973 bits per heavy atom. The molecule has 2 N–H and O–H groups in total. The lowest BCUT2D eigenvalue weighted by molar-refractivity contribution is -0.139. The van der Waals surface area contributed by atoms with Crippen LogP contribution < -0.4 is 10.9 Å². The zero-order valence-corrected chi connectivity index (χ0v) is 21.9. The van der Waals surface area contributed by atoms with Gasteiger partial charge in [-0.05, 0) is 41.3 Å². The maximum absolute atomic E-state index is 13.4. The molecule has 0 spiro atoms. The number of aryl methyl sites for hydroxylation is 2. The molecular weight excluding hydrogens is 511 g/mol. The number of aromatic nitrogens is 1. The van der Waals surface area contributed by atoms with Gasteiger partial charge < -0.3 is 15.0 Å². The fourth-order valence-electron chi connectivity index (χ4n) is 4.56. The Balaban J connectivity index is 1.64. The third-order valence-electron chi connectivity index (χ3n) is 6.39. The first-order valence-electron chi connectivity index (χ1n) is 11.9. The van der Waals surface area contributed by atoms with E-state index in [1.165, 1.54) is 12.1 Å². The van der Waals surface area contributed by atoms with E-state index in [4.69, 9.17) is 23.2 Å². The van der Waals surface area contributed by atoms with Crippen molar-refractivity contribution in [2.75, 3.05) is 0 Å². The Labute approximate surface area is 224 Å². The van der Waals surface area contributed by atoms with Crippen LogP contribution in [0.2, 0.25) is 10.0 Å².